The van der Waals surface area contributed by atoms with E-state index in [-0.39, 0.29) is 35.2 Å². The number of rotatable bonds is 3. The fraction of sp³-hybridized carbons (Fsp3) is 0.545. The molecule has 2 heterocycles. The molecule has 0 amide bonds. The van der Waals surface area contributed by atoms with E-state index < -0.39 is 27.1 Å². The number of ether oxygens (including phenoxy) is 1. The summed E-state index contributed by atoms with van der Waals surface area (Å²) >= 11 is 0. The van der Waals surface area contributed by atoms with Crippen molar-refractivity contribution in [1.29, 1.82) is 0 Å². The zero-order valence-electron chi connectivity index (χ0n) is 17.7. The molecule has 2 fully saturated rings. The molecule has 9 heteroatoms. The van der Waals surface area contributed by atoms with Gasteiger partial charge in [0.2, 0.25) is 10.0 Å². The Morgan fingerprint density at radius 1 is 1.19 bits per heavy atom. The third-order valence-electron chi connectivity index (χ3n) is 7.74. The predicted octanol–water partition coefficient (Wildman–Crippen LogP) is 3.24. The second kappa shape index (κ2) is 6.76. The molecule has 5 rings (SSSR count). The highest BCUT2D eigenvalue weighted by atomic mass is 32.2. The Balaban J connectivity index is 1.62. The average Bonchev–Trinajstić information content (AvgIpc) is 3.09. The highest BCUT2D eigenvalue weighted by Crippen LogP contribution is 2.69. The molecule has 6 nitrogen and oxygen atoms in total. The Morgan fingerprint density at radius 2 is 1.90 bits per heavy atom. The minimum atomic E-state index is -3.34. The minimum absolute atomic E-state index is 0.129. The van der Waals surface area contributed by atoms with Gasteiger partial charge in [-0.3, -0.25) is 0 Å². The molecular formula is C22H25F2N3O3S. The van der Waals surface area contributed by atoms with Crippen LogP contribution in [0.5, 0.6) is 0 Å². The van der Waals surface area contributed by atoms with Gasteiger partial charge in [0.25, 0.3) is 0 Å². The first-order chi connectivity index (χ1) is 14.6. The summed E-state index contributed by atoms with van der Waals surface area (Å²) in [5.74, 6) is -1.22. The summed E-state index contributed by atoms with van der Waals surface area (Å²) in [6.45, 7) is 5.22. The van der Waals surface area contributed by atoms with Gasteiger partial charge in [-0.2, -0.15) is 14.5 Å². The summed E-state index contributed by atoms with van der Waals surface area (Å²) in [5, 5.41) is 8.72. The molecule has 3 aliphatic rings. The average molecular weight is 450 g/mol. The SMILES string of the molecule is CC1(C)[C@H]2CC[C@]1([C@H]1CN(S(C)(=O)=O)CCO1)c1nnc(-c3c(F)cccc3F)cc12. The maximum Gasteiger partial charge on any atom is 0.211 e. The summed E-state index contributed by atoms with van der Waals surface area (Å²) < 4.78 is 60.7. The lowest BCUT2D eigenvalue weighted by atomic mass is 9.64. The van der Waals surface area contributed by atoms with Crippen molar-refractivity contribution in [2.45, 2.75) is 44.1 Å². The van der Waals surface area contributed by atoms with Gasteiger partial charge in [-0.25, -0.2) is 17.2 Å². The van der Waals surface area contributed by atoms with E-state index in [1.54, 1.807) is 6.07 Å². The van der Waals surface area contributed by atoms with Crippen molar-refractivity contribution in [3.8, 4) is 11.3 Å². The van der Waals surface area contributed by atoms with Crippen LogP contribution in [0.4, 0.5) is 8.78 Å². The summed E-state index contributed by atoms with van der Waals surface area (Å²) in [7, 11) is -3.34. The highest BCUT2D eigenvalue weighted by Gasteiger charge is 2.67. The first kappa shape index (κ1) is 20.9. The van der Waals surface area contributed by atoms with Crippen molar-refractivity contribution in [2.24, 2.45) is 5.41 Å². The van der Waals surface area contributed by atoms with Crippen molar-refractivity contribution in [3.63, 3.8) is 0 Å². The number of hydrogen-bond donors (Lipinski definition) is 0. The predicted molar refractivity (Wildman–Crippen MR) is 111 cm³/mol. The fourth-order valence-electron chi connectivity index (χ4n) is 6.17. The van der Waals surface area contributed by atoms with Gasteiger partial charge in [-0.1, -0.05) is 19.9 Å². The number of nitrogens with zero attached hydrogens (tertiary/aromatic N) is 3. The summed E-state index contributed by atoms with van der Waals surface area (Å²) in [4.78, 5) is 0. The molecule has 0 spiro atoms. The van der Waals surface area contributed by atoms with Crippen molar-refractivity contribution in [2.75, 3.05) is 26.0 Å². The van der Waals surface area contributed by atoms with Gasteiger partial charge in [0.1, 0.15) is 11.6 Å². The first-order valence-corrected chi connectivity index (χ1v) is 12.3. The Labute approximate surface area is 180 Å². The smallest absolute Gasteiger partial charge is 0.211 e. The Morgan fingerprint density at radius 3 is 2.58 bits per heavy atom. The van der Waals surface area contributed by atoms with E-state index in [0.717, 1.165) is 24.1 Å². The van der Waals surface area contributed by atoms with Crippen LogP contribution in [0.1, 0.15) is 43.9 Å². The van der Waals surface area contributed by atoms with E-state index in [2.05, 4.69) is 24.0 Å². The van der Waals surface area contributed by atoms with E-state index in [9.17, 15) is 17.2 Å². The number of hydrogen-bond acceptors (Lipinski definition) is 5. The van der Waals surface area contributed by atoms with Gasteiger partial charge in [-0.05, 0) is 47.9 Å². The van der Waals surface area contributed by atoms with Crippen LogP contribution in [0, 0.1) is 17.0 Å². The normalized spacial score (nSPS) is 29.8. The van der Waals surface area contributed by atoms with Crippen molar-refractivity contribution >= 4 is 10.0 Å². The maximum atomic E-state index is 14.4. The zero-order chi connectivity index (χ0) is 22.2. The molecule has 0 radical (unpaired) electrons. The van der Waals surface area contributed by atoms with E-state index in [1.165, 1.54) is 28.8 Å². The molecule has 2 aromatic rings. The Bertz CT molecular complexity index is 1150. The molecule has 1 saturated carbocycles. The van der Waals surface area contributed by atoms with Crippen LogP contribution in [-0.2, 0) is 20.2 Å². The molecule has 1 saturated heterocycles. The molecule has 1 aromatic heterocycles. The van der Waals surface area contributed by atoms with Gasteiger partial charge < -0.3 is 4.74 Å². The quantitative estimate of drug-likeness (QED) is 0.720. The van der Waals surface area contributed by atoms with Gasteiger partial charge in [0, 0.05) is 18.5 Å². The lowest BCUT2D eigenvalue weighted by molar-refractivity contribution is -0.0745. The van der Waals surface area contributed by atoms with Crippen LogP contribution in [-0.4, -0.2) is 55.0 Å². The summed E-state index contributed by atoms with van der Waals surface area (Å²) in [6.07, 6.45) is 2.54. The standard InChI is InChI=1S/C22H25F2N3O3S/c1-21(2)14-7-8-22(21,18-12-27(9-10-30-18)31(3,28)29)20-13(14)11-17(25-26-20)19-15(23)5-4-6-16(19)24/h4-6,11,14,18H,7-10,12H2,1-3H3/t14-,18+,22-/m0/s1. The molecule has 166 valence electrons. The Kier molecular flexibility index (Phi) is 4.56. The van der Waals surface area contributed by atoms with Crippen molar-refractivity contribution in [3.05, 3.63) is 47.2 Å². The van der Waals surface area contributed by atoms with E-state index >= 15 is 0 Å². The number of morpholine rings is 1. The second-order valence-corrected chi connectivity index (χ2v) is 11.4. The molecule has 1 aromatic carbocycles. The van der Waals surface area contributed by atoms with E-state index in [1.807, 2.05) is 0 Å². The number of halogens is 2. The third-order valence-corrected chi connectivity index (χ3v) is 9.01. The van der Waals surface area contributed by atoms with Crippen LogP contribution < -0.4 is 0 Å². The van der Waals surface area contributed by atoms with Crippen LogP contribution in [0.2, 0.25) is 0 Å². The fourth-order valence-corrected chi connectivity index (χ4v) is 6.98. The number of aromatic nitrogens is 2. The lowest BCUT2D eigenvalue weighted by Crippen LogP contribution is -2.57. The van der Waals surface area contributed by atoms with Gasteiger partial charge >= 0.3 is 0 Å². The summed E-state index contributed by atoms with van der Waals surface area (Å²) in [6, 6.07) is 5.50. The van der Waals surface area contributed by atoms with Gasteiger partial charge in [0.15, 0.2) is 0 Å². The topological polar surface area (TPSA) is 72.4 Å². The molecular weight excluding hydrogens is 424 g/mol. The highest BCUT2D eigenvalue weighted by molar-refractivity contribution is 7.88. The number of fused-ring (bicyclic) bond motifs is 5. The van der Waals surface area contributed by atoms with E-state index in [0.29, 0.717) is 13.2 Å². The van der Waals surface area contributed by atoms with Crippen LogP contribution >= 0.6 is 0 Å². The molecule has 0 N–H and O–H groups in total. The second-order valence-electron chi connectivity index (χ2n) is 9.39. The molecule has 0 unspecified atom stereocenters. The maximum absolute atomic E-state index is 14.4. The monoisotopic (exact) mass is 449 g/mol. The third kappa shape index (κ3) is 2.82. The van der Waals surface area contributed by atoms with Gasteiger partial charge in [-0.15, -0.1) is 0 Å². The van der Waals surface area contributed by atoms with Crippen LogP contribution in [0.3, 0.4) is 0 Å². The number of benzene rings is 1. The molecule has 31 heavy (non-hydrogen) atoms. The largest absolute Gasteiger partial charge is 0.374 e. The first-order valence-electron chi connectivity index (χ1n) is 10.5. The molecule has 3 atom stereocenters. The van der Waals surface area contributed by atoms with Crippen molar-refractivity contribution < 1.29 is 21.9 Å². The molecule has 2 aliphatic carbocycles. The minimum Gasteiger partial charge on any atom is -0.374 e. The van der Waals surface area contributed by atoms with Gasteiger partial charge in [0.05, 0.1) is 35.9 Å². The zero-order valence-corrected chi connectivity index (χ0v) is 18.5. The number of sulfonamides is 1. The molecule has 1 aliphatic heterocycles. The van der Waals surface area contributed by atoms with E-state index in [4.69, 9.17) is 4.74 Å². The lowest BCUT2D eigenvalue weighted by Gasteiger charge is -2.47. The van der Waals surface area contributed by atoms with Crippen LogP contribution in [0.15, 0.2) is 24.3 Å². The molecule has 2 bridgehead atoms. The summed E-state index contributed by atoms with van der Waals surface area (Å²) in [5.41, 5.74) is 0.940. The Hall–Kier alpha value is -1.97. The van der Waals surface area contributed by atoms with Crippen molar-refractivity contribution in [1.82, 2.24) is 14.5 Å². The van der Waals surface area contributed by atoms with Crippen LogP contribution in [0.25, 0.3) is 11.3 Å².